The molecule has 0 rings (SSSR count). The van der Waals surface area contributed by atoms with Crippen LogP contribution in [-0.4, -0.2) is 32.0 Å². The van der Waals surface area contributed by atoms with Crippen LogP contribution >= 0.6 is 8.15 Å². The molecule has 0 N–H and O–H groups in total. The standard InChI is InChI=1S/C12H25O3P/c1-4-6-9-14-12(13)8-11-16(3)15-10-7-5-2/h4-11H2,1-3H3. The number of esters is 1. The predicted molar refractivity (Wildman–Crippen MR) is 69.1 cm³/mol. The molecule has 0 amide bonds. The number of carbonyl (C=O) groups excluding carboxylic acids is 1. The van der Waals surface area contributed by atoms with Gasteiger partial charge in [-0.15, -0.1) is 0 Å². The van der Waals surface area contributed by atoms with Crippen LogP contribution in [-0.2, 0) is 14.1 Å². The minimum Gasteiger partial charge on any atom is -0.466 e. The summed E-state index contributed by atoms with van der Waals surface area (Å²) in [5.74, 6) is -0.0816. The number of rotatable bonds is 10. The van der Waals surface area contributed by atoms with Crippen LogP contribution in [0.2, 0.25) is 0 Å². The van der Waals surface area contributed by atoms with Crippen molar-refractivity contribution in [1.29, 1.82) is 0 Å². The van der Waals surface area contributed by atoms with Crippen molar-refractivity contribution in [2.45, 2.75) is 46.0 Å². The van der Waals surface area contributed by atoms with E-state index in [1.807, 2.05) is 0 Å². The molecule has 96 valence electrons. The lowest BCUT2D eigenvalue weighted by molar-refractivity contribution is -0.143. The summed E-state index contributed by atoms with van der Waals surface area (Å²) in [5, 5.41) is 0. The third kappa shape index (κ3) is 10.4. The van der Waals surface area contributed by atoms with Gasteiger partial charge in [-0.25, -0.2) is 0 Å². The van der Waals surface area contributed by atoms with Crippen molar-refractivity contribution in [2.75, 3.05) is 26.0 Å². The van der Waals surface area contributed by atoms with E-state index in [2.05, 4.69) is 20.5 Å². The van der Waals surface area contributed by atoms with E-state index in [1.54, 1.807) is 0 Å². The fraction of sp³-hybridized carbons (Fsp3) is 0.917. The fourth-order valence-corrected chi connectivity index (χ4v) is 2.15. The number of carbonyl (C=O) groups is 1. The molecule has 0 saturated carbocycles. The highest BCUT2D eigenvalue weighted by Crippen LogP contribution is 2.32. The average Bonchev–Trinajstić information content (AvgIpc) is 2.27. The number of unbranched alkanes of at least 4 members (excludes halogenated alkanes) is 2. The van der Waals surface area contributed by atoms with Gasteiger partial charge in [0.2, 0.25) is 0 Å². The monoisotopic (exact) mass is 248 g/mol. The summed E-state index contributed by atoms with van der Waals surface area (Å²) < 4.78 is 10.7. The molecule has 1 atom stereocenters. The van der Waals surface area contributed by atoms with Gasteiger partial charge < -0.3 is 9.26 Å². The molecule has 4 heteroatoms. The Morgan fingerprint density at radius 3 is 2.38 bits per heavy atom. The van der Waals surface area contributed by atoms with Crippen molar-refractivity contribution >= 4 is 14.1 Å². The SMILES string of the molecule is CCCCOC(=O)CCP(C)OCCCC. The second-order valence-corrected chi connectivity index (χ2v) is 5.82. The molecule has 0 heterocycles. The minimum atomic E-state index is -0.444. The maximum absolute atomic E-state index is 11.3. The summed E-state index contributed by atoms with van der Waals surface area (Å²) in [6, 6.07) is 0. The van der Waals surface area contributed by atoms with Gasteiger partial charge in [0, 0.05) is 14.3 Å². The van der Waals surface area contributed by atoms with Gasteiger partial charge in [0.05, 0.1) is 19.6 Å². The van der Waals surface area contributed by atoms with Gasteiger partial charge in [-0.05, 0) is 19.5 Å². The molecule has 0 saturated heterocycles. The molecule has 0 aliphatic heterocycles. The number of ether oxygens (including phenoxy) is 1. The van der Waals surface area contributed by atoms with Crippen molar-refractivity contribution in [3.8, 4) is 0 Å². The van der Waals surface area contributed by atoms with Gasteiger partial charge in [-0.1, -0.05) is 26.7 Å². The average molecular weight is 248 g/mol. The molecule has 0 aromatic rings. The van der Waals surface area contributed by atoms with E-state index in [9.17, 15) is 4.79 Å². The van der Waals surface area contributed by atoms with Crippen LogP contribution in [0.25, 0.3) is 0 Å². The molecule has 3 nitrogen and oxygen atoms in total. The highest BCUT2D eigenvalue weighted by molar-refractivity contribution is 7.51. The Kier molecular flexibility index (Phi) is 11.2. The lowest BCUT2D eigenvalue weighted by Gasteiger charge is -2.12. The zero-order valence-electron chi connectivity index (χ0n) is 10.8. The van der Waals surface area contributed by atoms with Crippen molar-refractivity contribution in [2.24, 2.45) is 0 Å². The molecule has 1 unspecified atom stereocenters. The molecular weight excluding hydrogens is 223 g/mol. The fourth-order valence-electron chi connectivity index (χ4n) is 1.08. The summed E-state index contributed by atoms with van der Waals surface area (Å²) in [5.41, 5.74) is 0. The number of hydrogen-bond acceptors (Lipinski definition) is 3. The summed E-state index contributed by atoms with van der Waals surface area (Å²) in [6.07, 6.45) is 5.60. The Morgan fingerprint density at radius 2 is 1.75 bits per heavy atom. The van der Waals surface area contributed by atoms with Crippen LogP contribution in [0.15, 0.2) is 0 Å². The first-order valence-corrected chi connectivity index (χ1v) is 8.09. The lowest BCUT2D eigenvalue weighted by atomic mass is 10.4. The zero-order valence-corrected chi connectivity index (χ0v) is 11.7. The van der Waals surface area contributed by atoms with Gasteiger partial charge in [0.15, 0.2) is 0 Å². The van der Waals surface area contributed by atoms with Crippen LogP contribution in [0.5, 0.6) is 0 Å². The third-order valence-corrected chi connectivity index (χ3v) is 3.68. The Morgan fingerprint density at radius 1 is 1.12 bits per heavy atom. The maximum Gasteiger partial charge on any atom is 0.306 e. The molecule has 16 heavy (non-hydrogen) atoms. The van der Waals surface area contributed by atoms with Crippen molar-refractivity contribution in [3.05, 3.63) is 0 Å². The van der Waals surface area contributed by atoms with Crippen LogP contribution < -0.4 is 0 Å². The normalized spacial score (nSPS) is 12.4. The molecule has 0 radical (unpaired) electrons. The van der Waals surface area contributed by atoms with Crippen LogP contribution in [0.4, 0.5) is 0 Å². The topological polar surface area (TPSA) is 35.5 Å². The largest absolute Gasteiger partial charge is 0.466 e. The van der Waals surface area contributed by atoms with Gasteiger partial charge in [-0.2, -0.15) is 0 Å². The van der Waals surface area contributed by atoms with Gasteiger partial charge in [0.1, 0.15) is 0 Å². The second-order valence-electron chi connectivity index (χ2n) is 3.86. The second kappa shape index (κ2) is 11.3. The Bertz CT molecular complexity index is 174. The Balaban J connectivity index is 3.36. The Labute approximate surface area is 101 Å². The molecule has 0 aromatic heterocycles. The molecule has 0 spiro atoms. The van der Waals surface area contributed by atoms with Crippen molar-refractivity contribution in [1.82, 2.24) is 0 Å². The smallest absolute Gasteiger partial charge is 0.306 e. The lowest BCUT2D eigenvalue weighted by Crippen LogP contribution is -2.07. The first-order chi connectivity index (χ1) is 7.70. The van der Waals surface area contributed by atoms with Crippen LogP contribution in [0.3, 0.4) is 0 Å². The molecule has 0 aromatic carbocycles. The summed E-state index contributed by atoms with van der Waals surface area (Å²) in [7, 11) is -0.444. The maximum atomic E-state index is 11.3. The van der Waals surface area contributed by atoms with Crippen LogP contribution in [0.1, 0.15) is 46.0 Å². The van der Waals surface area contributed by atoms with E-state index < -0.39 is 8.15 Å². The summed E-state index contributed by atoms with van der Waals surface area (Å²) in [6.45, 7) is 7.69. The van der Waals surface area contributed by atoms with Gasteiger partial charge in [0.25, 0.3) is 0 Å². The predicted octanol–water partition coefficient (Wildman–Crippen LogP) is 3.56. The summed E-state index contributed by atoms with van der Waals surface area (Å²) in [4.78, 5) is 11.3. The van der Waals surface area contributed by atoms with E-state index in [1.165, 1.54) is 0 Å². The molecule has 0 fully saturated rings. The van der Waals surface area contributed by atoms with Crippen LogP contribution in [0, 0.1) is 0 Å². The third-order valence-electron chi connectivity index (χ3n) is 2.20. The highest BCUT2D eigenvalue weighted by atomic mass is 31.1. The zero-order chi connectivity index (χ0) is 12.2. The van der Waals surface area contributed by atoms with Crippen molar-refractivity contribution < 1.29 is 14.1 Å². The summed E-state index contributed by atoms with van der Waals surface area (Å²) >= 11 is 0. The Hall–Kier alpha value is -0.140. The van der Waals surface area contributed by atoms with E-state index in [0.29, 0.717) is 13.0 Å². The number of hydrogen-bond donors (Lipinski definition) is 0. The van der Waals surface area contributed by atoms with Crippen molar-refractivity contribution in [3.63, 3.8) is 0 Å². The quantitative estimate of drug-likeness (QED) is 0.337. The first-order valence-electron chi connectivity index (χ1n) is 6.20. The molecule has 0 aliphatic rings. The van der Waals surface area contributed by atoms with E-state index in [4.69, 9.17) is 9.26 Å². The van der Waals surface area contributed by atoms with E-state index in [0.717, 1.165) is 38.5 Å². The minimum absolute atomic E-state index is 0.0816. The molecular formula is C12H25O3P. The molecule has 0 bridgehead atoms. The van der Waals surface area contributed by atoms with Gasteiger partial charge in [-0.3, -0.25) is 4.79 Å². The van der Waals surface area contributed by atoms with E-state index >= 15 is 0 Å². The molecule has 0 aliphatic carbocycles. The van der Waals surface area contributed by atoms with E-state index in [-0.39, 0.29) is 5.97 Å². The highest BCUT2D eigenvalue weighted by Gasteiger charge is 2.07. The first kappa shape index (κ1) is 15.9. The van der Waals surface area contributed by atoms with Gasteiger partial charge >= 0.3 is 5.97 Å².